The lowest BCUT2D eigenvalue weighted by molar-refractivity contribution is -0.128. The number of para-hydroxylation sites is 2. The Morgan fingerprint density at radius 2 is 2.04 bits per heavy atom. The number of benzene rings is 1. The van der Waals surface area contributed by atoms with Crippen LogP contribution in [0.2, 0.25) is 0 Å². The smallest absolute Gasteiger partial charge is 0.225 e. The van der Waals surface area contributed by atoms with Gasteiger partial charge in [-0.25, -0.2) is 4.98 Å². The number of methoxy groups -OCH3 is 1. The Bertz CT molecular complexity index is 656. The third kappa shape index (κ3) is 4.55. The minimum absolute atomic E-state index is 0.0883. The van der Waals surface area contributed by atoms with E-state index >= 15 is 0 Å². The highest BCUT2D eigenvalue weighted by Gasteiger charge is 2.20. The van der Waals surface area contributed by atoms with E-state index in [1.165, 1.54) is 0 Å². The van der Waals surface area contributed by atoms with Crippen LogP contribution in [0.4, 0.5) is 0 Å². The fourth-order valence-electron chi connectivity index (χ4n) is 2.46. The fourth-order valence-corrected chi connectivity index (χ4v) is 2.46. The van der Waals surface area contributed by atoms with Crippen LogP contribution in [0.3, 0.4) is 0 Å². The second kappa shape index (κ2) is 7.59. The Kier molecular flexibility index (Phi) is 5.77. The molecule has 126 valence electrons. The summed E-state index contributed by atoms with van der Waals surface area (Å²) >= 11 is 0. The summed E-state index contributed by atoms with van der Waals surface area (Å²) in [7, 11) is 1.71. The minimum atomic E-state index is -0.342. The van der Waals surface area contributed by atoms with Crippen LogP contribution in [0, 0.1) is 5.41 Å². The van der Waals surface area contributed by atoms with Gasteiger partial charge in [0.15, 0.2) is 0 Å². The lowest BCUT2D eigenvalue weighted by Gasteiger charge is -2.17. The average Bonchev–Trinajstić information content (AvgIpc) is 2.86. The molecule has 0 spiro atoms. The molecule has 0 saturated carbocycles. The van der Waals surface area contributed by atoms with Gasteiger partial charge < -0.3 is 14.6 Å². The number of nitrogens with zero attached hydrogens (tertiary/aromatic N) is 2. The van der Waals surface area contributed by atoms with Crippen molar-refractivity contribution in [2.24, 2.45) is 5.41 Å². The Morgan fingerprint density at radius 3 is 2.74 bits per heavy atom. The van der Waals surface area contributed by atoms with Crippen molar-refractivity contribution in [2.45, 2.75) is 40.2 Å². The van der Waals surface area contributed by atoms with E-state index in [1.807, 2.05) is 39.0 Å². The molecule has 0 bridgehead atoms. The van der Waals surface area contributed by atoms with E-state index in [1.54, 1.807) is 7.11 Å². The van der Waals surface area contributed by atoms with Crippen molar-refractivity contribution >= 4 is 16.9 Å². The molecule has 1 aromatic carbocycles. The van der Waals surface area contributed by atoms with E-state index in [2.05, 4.69) is 16.0 Å². The van der Waals surface area contributed by atoms with Crippen LogP contribution in [0.25, 0.3) is 11.0 Å². The molecule has 0 aliphatic rings. The number of aromatic nitrogens is 2. The van der Waals surface area contributed by atoms with Gasteiger partial charge in [-0.2, -0.15) is 0 Å². The maximum Gasteiger partial charge on any atom is 0.225 e. The Hall–Kier alpha value is -1.88. The molecule has 1 heterocycles. The first-order valence-electron chi connectivity index (χ1n) is 8.15. The van der Waals surface area contributed by atoms with Crippen LogP contribution in [0.1, 0.15) is 33.0 Å². The molecule has 0 fully saturated rings. The van der Waals surface area contributed by atoms with Gasteiger partial charge >= 0.3 is 0 Å². The first kappa shape index (κ1) is 17.5. The molecule has 0 aliphatic carbocycles. The van der Waals surface area contributed by atoms with Crippen LogP contribution in [-0.4, -0.2) is 35.7 Å². The first-order valence-corrected chi connectivity index (χ1v) is 8.15. The molecular formula is C18H27N3O2. The van der Waals surface area contributed by atoms with E-state index in [0.717, 1.165) is 36.2 Å². The molecule has 1 amide bonds. The standard InChI is InChI=1S/C18H27N3O2/c1-18(2,3)17(22)19-11-7-10-16-20-14-8-5-6-9-15(14)21(16)12-13-23-4/h5-6,8-9H,7,10-13H2,1-4H3,(H,19,22). The van der Waals surface area contributed by atoms with Crippen molar-refractivity contribution in [3.05, 3.63) is 30.1 Å². The molecule has 0 radical (unpaired) electrons. The second-order valence-electron chi connectivity index (χ2n) is 6.77. The molecule has 5 heteroatoms. The topological polar surface area (TPSA) is 56.1 Å². The predicted octanol–water partition coefficient (Wildman–Crippen LogP) is 2.78. The normalized spacial score (nSPS) is 11.8. The molecule has 1 N–H and O–H groups in total. The maximum absolute atomic E-state index is 11.9. The number of fused-ring (bicyclic) bond motifs is 1. The van der Waals surface area contributed by atoms with E-state index in [4.69, 9.17) is 9.72 Å². The third-order valence-electron chi connectivity index (χ3n) is 3.80. The summed E-state index contributed by atoms with van der Waals surface area (Å²) < 4.78 is 7.42. The molecule has 5 nitrogen and oxygen atoms in total. The SMILES string of the molecule is COCCn1c(CCCNC(=O)C(C)(C)C)nc2ccccc21. The highest BCUT2D eigenvalue weighted by Crippen LogP contribution is 2.17. The Morgan fingerprint density at radius 1 is 1.30 bits per heavy atom. The van der Waals surface area contributed by atoms with Gasteiger partial charge in [-0.05, 0) is 18.6 Å². The van der Waals surface area contributed by atoms with Crippen LogP contribution >= 0.6 is 0 Å². The number of carbonyl (C=O) groups is 1. The summed E-state index contributed by atoms with van der Waals surface area (Å²) in [5, 5.41) is 2.99. The van der Waals surface area contributed by atoms with Crippen LogP contribution in [0.5, 0.6) is 0 Å². The monoisotopic (exact) mass is 317 g/mol. The highest BCUT2D eigenvalue weighted by atomic mass is 16.5. The summed E-state index contributed by atoms with van der Waals surface area (Å²) in [5.41, 5.74) is 1.81. The summed E-state index contributed by atoms with van der Waals surface area (Å²) in [6, 6.07) is 8.15. The van der Waals surface area contributed by atoms with E-state index < -0.39 is 0 Å². The van der Waals surface area contributed by atoms with E-state index in [9.17, 15) is 4.79 Å². The van der Waals surface area contributed by atoms with Gasteiger partial charge in [0.1, 0.15) is 5.82 Å². The van der Waals surface area contributed by atoms with Crippen molar-refractivity contribution in [1.82, 2.24) is 14.9 Å². The number of carbonyl (C=O) groups excluding carboxylic acids is 1. The van der Waals surface area contributed by atoms with E-state index in [-0.39, 0.29) is 11.3 Å². The number of nitrogens with one attached hydrogen (secondary N) is 1. The molecule has 23 heavy (non-hydrogen) atoms. The number of imidazole rings is 1. The van der Waals surface area contributed by atoms with Crippen LogP contribution in [0.15, 0.2) is 24.3 Å². The Labute approximate surface area is 138 Å². The molecule has 2 rings (SSSR count). The summed E-state index contributed by atoms with van der Waals surface area (Å²) in [6.45, 7) is 7.89. The van der Waals surface area contributed by atoms with Gasteiger partial charge in [0.25, 0.3) is 0 Å². The number of amides is 1. The maximum atomic E-state index is 11.9. The molecule has 0 saturated heterocycles. The quantitative estimate of drug-likeness (QED) is 0.799. The minimum Gasteiger partial charge on any atom is -0.383 e. The number of hydrogen-bond acceptors (Lipinski definition) is 3. The van der Waals surface area contributed by atoms with Gasteiger partial charge in [-0.3, -0.25) is 4.79 Å². The molecule has 0 atom stereocenters. The molecule has 2 aromatic rings. The van der Waals surface area contributed by atoms with Gasteiger partial charge in [0, 0.05) is 32.0 Å². The Balaban J connectivity index is 2.00. The summed E-state index contributed by atoms with van der Waals surface area (Å²) in [4.78, 5) is 16.6. The van der Waals surface area contributed by atoms with Crippen molar-refractivity contribution in [3.63, 3.8) is 0 Å². The molecular weight excluding hydrogens is 290 g/mol. The highest BCUT2D eigenvalue weighted by molar-refractivity contribution is 5.81. The zero-order valence-corrected chi connectivity index (χ0v) is 14.6. The third-order valence-corrected chi connectivity index (χ3v) is 3.80. The van der Waals surface area contributed by atoms with Crippen molar-refractivity contribution in [3.8, 4) is 0 Å². The number of aryl methyl sites for hydroxylation is 1. The van der Waals surface area contributed by atoms with Crippen molar-refractivity contribution < 1.29 is 9.53 Å². The van der Waals surface area contributed by atoms with Gasteiger partial charge in [0.2, 0.25) is 5.91 Å². The van der Waals surface area contributed by atoms with Gasteiger partial charge in [0.05, 0.1) is 17.6 Å². The summed E-state index contributed by atoms with van der Waals surface area (Å²) in [6.07, 6.45) is 1.71. The second-order valence-corrected chi connectivity index (χ2v) is 6.77. The lowest BCUT2D eigenvalue weighted by atomic mass is 9.96. The van der Waals surface area contributed by atoms with Crippen LogP contribution in [-0.2, 0) is 22.5 Å². The van der Waals surface area contributed by atoms with Crippen LogP contribution < -0.4 is 5.32 Å². The molecule has 0 unspecified atom stereocenters. The zero-order valence-electron chi connectivity index (χ0n) is 14.6. The largest absolute Gasteiger partial charge is 0.383 e. The zero-order chi connectivity index (χ0) is 16.9. The van der Waals surface area contributed by atoms with E-state index in [0.29, 0.717) is 13.2 Å². The number of ether oxygens (including phenoxy) is 1. The lowest BCUT2D eigenvalue weighted by Crippen LogP contribution is -2.35. The average molecular weight is 317 g/mol. The molecule has 0 aliphatic heterocycles. The number of hydrogen-bond donors (Lipinski definition) is 1. The van der Waals surface area contributed by atoms with Gasteiger partial charge in [-0.1, -0.05) is 32.9 Å². The predicted molar refractivity (Wildman–Crippen MR) is 92.4 cm³/mol. The number of rotatable bonds is 7. The summed E-state index contributed by atoms with van der Waals surface area (Å²) in [5.74, 6) is 1.14. The van der Waals surface area contributed by atoms with Crippen molar-refractivity contribution in [1.29, 1.82) is 0 Å². The van der Waals surface area contributed by atoms with Crippen molar-refractivity contribution in [2.75, 3.05) is 20.3 Å². The fraction of sp³-hybridized carbons (Fsp3) is 0.556. The molecule has 1 aromatic heterocycles. The van der Waals surface area contributed by atoms with Gasteiger partial charge in [-0.15, -0.1) is 0 Å². The first-order chi connectivity index (χ1) is 10.9.